The third-order valence-electron chi connectivity index (χ3n) is 4.65. The van der Waals surface area contributed by atoms with Gasteiger partial charge in [0.05, 0.1) is 4.90 Å². The smallest absolute Gasteiger partial charge is 0.246 e. The molecule has 0 radical (unpaired) electrons. The molecule has 0 aliphatic carbocycles. The quantitative estimate of drug-likeness (QED) is 0.714. The molecule has 30 heavy (non-hydrogen) atoms. The molecule has 0 aromatic heterocycles. The molecule has 1 fully saturated rings. The Bertz CT molecular complexity index is 1040. The van der Waals surface area contributed by atoms with Crippen molar-refractivity contribution in [1.29, 1.82) is 0 Å². The van der Waals surface area contributed by atoms with E-state index in [1.54, 1.807) is 47.4 Å². The molecule has 3 rings (SSSR count). The molecule has 7 nitrogen and oxygen atoms in total. The zero-order valence-corrected chi connectivity index (χ0v) is 18.0. The van der Waals surface area contributed by atoms with Crippen LogP contribution in [0.1, 0.15) is 12.5 Å². The number of anilines is 1. The maximum atomic E-state index is 12.7. The lowest BCUT2D eigenvalue weighted by Crippen LogP contribution is -2.50. The number of nitrogens with one attached hydrogen (secondary N) is 1. The van der Waals surface area contributed by atoms with E-state index in [-0.39, 0.29) is 29.8 Å². The van der Waals surface area contributed by atoms with E-state index in [9.17, 15) is 18.0 Å². The SMILES string of the molecule is CC(=O)Nc1ccc(/C=C/C(=O)N2CCN(S(=O)(=O)c3ccc(Cl)cc3)CC2)cc1. The minimum Gasteiger partial charge on any atom is -0.337 e. The molecule has 0 unspecified atom stereocenters. The summed E-state index contributed by atoms with van der Waals surface area (Å²) in [5.41, 5.74) is 1.50. The molecule has 1 saturated heterocycles. The fourth-order valence-electron chi connectivity index (χ4n) is 3.06. The summed E-state index contributed by atoms with van der Waals surface area (Å²) in [4.78, 5) is 25.3. The monoisotopic (exact) mass is 447 g/mol. The number of hydrogen-bond donors (Lipinski definition) is 1. The van der Waals surface area contributed by atoms with E-state index in [1.807, 2.05) is 0 Å². The van der Waals surface area contributed by atoms with Gasteiger partial charge in [-0.15, -0.1) is 0 Å². The molecule has 2 aromatic rings. The van der Waals surface area contributed by atoms with Gasteiger partial charge in [0.25, 0.3) is 0 Å². The van der Waals surface area contributed by atoms with Crippen LogP contribution in [0, 0.1) is 0 Å². The van der Waals surface area contributed by atoms with E-state index >= 15 is 0 Å². The lowest BCUT2D eigenvalue weighted by molar-refractivity contribution is -0.127. The van der Waals surface area contributed by atoms with Gasteiger partial charge in [-0.2, -0.15) is 4.31 Å². The number of halogens is 1. The number of benzene rings is 2. The van der Waals surface area contributed by atoms with Gasteiger partial charge in [0.1, 0.15) is 0 Å². The van der Waals surface area contributed by atoms with E-state index in [4.69, 9.17) is 11.6 Å². The highest BCUT2D eigenvalue weighted by atomic mass is 35.5. The van der Waals surface area contributed by atoms with Gasteiger partial charge < -0.3 is 10.2 Å². The Kier molecular flexibility index (Phi) is 6.91. The molecule has 2 amide bonds. The van der Waals surface area contributed by atoms with E-state index in [1.165, 1.54) is 29.4 Å². The number of nitrogens with zero attached hydrogens (tertiary/aromatic N) is 2. The highest BCUT2D eigenvalue weighted by Gasteiger charge is 2.29. The van der Waals surface area contributed by atoms with Crippen molar-refractivity contribution in [2.45, 2.75) is 11.8 Å². The predicted octanol–water partition coefficient (Wildman–Crippen LogP) is 2.84. The van der Waals surface area contributed by atoms with Gasteiger partial charge in [0.15, 0.2) is 0 Å². The Morgan fingerprint density at radius 3 is 2.13 bits per heavy atom. The van der Waals surface area contributed by atoms with Gasteiger partial charge in [-0.1, -0.05) is 23.7 Å². The van der Waals surface area contributed by atoms with Crippen LogP contribution < -0.4 is 5.32 Å². The summed E-state index contributed by atoms with van der Waals surface area (Å²) in [5.74, 6) is -0.324. The maximum Gasteiger partial charge on any atom is 0.246 e. The van der Waals surface area contributed by atoms with Gasteiger partial charge >= 0.3 is 0 Å². The number of sulfonamides is 1. The van der Waals surface area contributed by atoms with Crippen molar-refractivity contribution < 1.29 is 18.0 Å². The van der Waals surface area contributed by atoms with E-state index in [0.29, 0.717) is 23.8 Å². The van der Waals surface area contributed by atoms with Crippen LogP contribution in [0.4, 0.5) is 5.69 Å². The summed E-state index contributed by atoms with van der Waals surface area (Å²) in [7, 11) is -3.61. The van der Waals surface area contributed by atoms with Crippen molar-refractivity contribution in [2.75, 3.05) is 31.5 Å². The second kappa shape index (κ2) is 9.42. The maximum absolute atomic E-state index is 12.7. The molecule has 158 valence electrons. The third kappa shape index (κ3) is 5.47. The van der Waals surface area contributed by atoms with Crippen molar-refractivity contribution in [1.82, 2.24) is 9.21 Å². The van der Waals surface area contributed by atoms with Crippen molar-refractivity contribution in [3.8, 4) is 0 Å². The molecule has 1 aliphatic rings. The fourth-order valence-corrected chi connectivity index (χ4v) is 4.61. The third-order valence-corrected chi connectivity index (χ3v) is 6.82. The topological polar surface area (TPSA) is 86.8 Å². The lowest BCUT2D eigenvalue weighted by Gasteiger charge is -2.33. The molecular formula is C21H22ClN3O4S. The van der Waals surface area contributed by atoms with Crippen LogP contribution in [0.25, 0.3) is 6.08 Å². The first kappa shape index (κ1) is 22.0. The van der Waals surface area contributed by atoms with Gasteiger partial charge in [-0.05, 0) is 48.0 Å². The van der Waals surface area contributed by atoms with Crippen LogP contribution in [0.15, 0.2) is 59.5 Å². The average Bonchev–Trinajstić information content (AvgIpc) is 2.73. The average molecular weight is 448 g/mol. The highest BCUT2D eigenvalue weighted by Crippen LogP contribution is 2.20. The number of carbonyl (C=O) groups excluding carboxylic acids is 2. The summed E-state index contributed by atoms with van der Waals surface area (Å²) in [6.07, 6.45) is 3.16. The Balaban J connectivity index is 1.56. The molecular weight excluding hydrogens is 426 g/mol. The van der Waals surface area contributed by atoms with Crippen LogP contribution >= 0.6 is 11.6 Å². The molecule has 0 atom stereocenters. The second-order valence-electron chi connectivity index (χ2n) is 6.82. The Morgan fingerprint density at radius 1 is 0.967 bits per heavy atom. The molecule has 0 saturated carbocycles. The van der Waals surface area contributed by atoms with Crippen molar-refractivity contribution >= 4 is 45.2 Å². The Hall–Kier alpha value is -2.68. The number of piperazine rings is 1. The Labute approximate surface area is 181 Å². The summed E-state index contributed by atoms with van der Waals surface area (Å²) < 4.78 is 26.8. The first-order chi connectivity index (χ1) is 14.3. The lowest BCUT2D eigenvalue weighted by atomic mass is 10.2. The second-order valence-corrected chi connectivity index (χ2v) is 9.19. The normalized spacial score (nSPS) is 15.3. The molecule has 0 bridgehead atoms. The summed E-state index contributed by atoms with van der Waals surface area (Å²) in [6.45, 7) is 2.54. The van der Waals surface area contributed by atoms with Gasteiger partial charge in [-0.25, -0.2) is 8.42 Å². The minimum atomic E-state index is -3.61. The van der Waals surface area contributed by atoms with Crippen LogP contribution in [-0.4, -0.2) is 55.6 Å². The molecule has 1 N–H and O–H groups in total. The van der Waals surface area contributed by atoms with Crippen molar-refractivity contribution in [3.63, 3.8) is 0 Å². The minimum absolute atomic E-state index is 0.148. The summed E-state index contributed by atoms with van der Waals surface area (Å²) >= 11 is 5.83. The van der Waals surface area contributed by atoms with Crippen molar-refractivity contribution in [3.05, 3.63) is 65.2 Å². The zero-order chi connectivity index (χ0) is 21.7. The first-order valence-corrected chi connectivity index (χ1v) is 11.2. The highest BCUT2D eigenvalue weighted by molar-refractivity contribution is 7.89. The fraction of sp³-hybridized carbons (Fsp3) is 0.238. The summed E-state index contributed by atoms with van der Waals surface area (Å²) in [6, 6.07) is 13.2. The van der Waals surface area contributed by atoms with Crippen LogP contribution in [-0.2, 0) is 19.6 Å². The molecule has 9 heteroatoms. The first-order valence-electron chi connectivity index (χ1n) is 9.36. The molecule has 1 aliphatic heterocycles. The van der Waals surface area contributed by atoms with E-state index < -0.39 is 10.0 Å². The number of rotatable bonds is 5. The van der Waals surface area contributed by atoms with Gasteiger partial charge in [-0.3, -0.25) is 9.59 Å². The zero-order valence-electron chi connectivity index (χ0n) is 16.4. The number of hydrogen-bond acceptors (Lipinski definition) is 4. The van der Waals surface area contributed by atoms with E-state index in [2.05, 4.69) is 5.32 Å². The largest absolute Gasteiger partial charge is 0.337 e. The predicted molar refractivity (Wildman–Crippen MR) is 117 cm³/mol. The standard InChI is InChI=1S/C21H22ClN3O4S/c1-16(26)23-19-7-2-17(3-8-19)4-11-21(27)24-12-14-25(15-13-24)30(28,29)20-9-5-18(22)6-10-20/h2-11H,12-15H2,1H3,(H,23,26)/b11-4+. The van der Waals surface area contributed by atoms with Gasteiger partial charge in [0, 0.05) is 49.9 Å². The van der Waals surface area contributed by atoms with Crippen LogP contribution in [0.3, 0.4) is 0 Å². The van der Waals surface area contributed by atoms with E-state index in [0.717, 1.165) is 5.56 Å². The van der Waals surface area contributed by atoms with Crippen molar-refractivity contribution in [2.24, 2.45) is 0 Å². The number of amides is 2. The summed E-state index contributed by atoms with van der Waals surface area (Å²) in [5, 5.41) is 3.15. The van der Waals surface area contributed by atoms with Crippen LogP contribution in [0.5, 0.6) is 0 Å². The van der Waals surface area contributed by atoms with Gasteiger partial charge in [0.2, 0.25) is 21.8 Å². The molecule has 2 aromatic carbocycles. The Morgan fingerprint density at radius 2 is 1.57 bits per heavy atom. The number of carbonyl (C=O) groups is 2. The molecule has 0 spiro atoms. The van der Waals surface area contributed by atoms with Crippen LogP contribution in [0.2, 0.25) is 5.02 Å². The molecule has 1 heterocycles.